The first-order chi connectivity index (χ1) is 9.72. The summed E-state index contributed by atoms with van der Waals surface area (Å²) in [5, 5.41) is 3.26. The van der Waals surface area contributed by atoms with Crippen molar-refractivity contribution in [1.82, 2.24) is 10.2 Å². The molecule has 1 aromatic carbocycles. The fourth-order valence-electron chi connectivity index (χ4n) is 2.28. The Balaban J connectivity index is 0.00000220. The lowest BCUT2D eigenvalue weighted by Gasteiger charge is -2.33. The molecule has 1 N–H and O–H groups in total. The van der Waals surface area contributed by atoms with Gasteiger partial charge in [0.05, 0.1) is 6.61 Å². The summed E-state index contributed by atoms with van der Waals surface area (Å²) in [5.74, 6) is 1.31. The first kappa shape index (κ1) is 17.6. The van der Waals surface area contributed by atoms with E-state index in [2.05, 4.69) is 5.32 Å². The molecular formula is C15H23ClN2O3. The van der Waals surface area contributed by atoms with Crippen LogP contribution in [0.3, 0.4) is 0 Å². The SMILES string of the molecule is CCOc1ccccc1OCC(=O)N1CCNC[C@H]1C.Cl. The Hall–Kier alpha value is -1.46. The van der Waals surface area contributed by atoms with Crippen LogP contribution in [0.1, 0.15) is 13.8 Å². The molecule has 1 fully saturated rings. The van der Waals surface area contributed by atoms with Gasteiger partial charge in [-0.3, -0.25) is 4.79 Å². The number of nitrogens with zero attached hydrogens (tertiary/aromatic N) is 1. The van der Waals surface area contributed by atoms with Gasteiger partial charge in [0.25, 0.3) is 5.91 Å². The minimum absolute atomic E-state index is 0. The van der Waals surface area contributed by atoms with Crippen molar-refractivity contribution in [3.8, 4) is 11.5 Å². The van der Waals surface area contributed by atoms with Gasteiger partial charge in [-0.1, -0.05) is 12.1 Å². The van der Waals surface area contributed by atoms with Gasteiger partial charge in [-0.05, 0) is 26.0 Å². The minimum Gasteiger partial charge on any atom is -0.490 e. The normalized spacial score (nSPS) is 17.8. The molecule has 1 heterocycles. The fourth-order valence-corrected chi connectivity index (χ4v) is 2.28. The van der Waals surface area contributed by atoms with Crippen LogP contribution in [0.25, 0.3) is 0 Å². The van der Waals surface area contributed by atoms with E-state index in [4.69, 9.17) is 9.47 Å². The molecule has 1 atom stereocenters. The zero-order valence-electron chi connectivity index (χ0n) is 12.5. The lowest BCUT2D eigenvalue weighted by Crippen LogP contribution is -2.53. The lowest BCUT2D eigenvalue weighted by atomic mass is 10.2. The van der Waals surface area contributed by atoms with E-state index >= 15 is 0 Å². The number of hydrogen-bond acceptors (Lipinski definition) is 4. The van der Waals surface area contributed by atoms with Crippen LogP contribution in [-0.4, -0.2) is 49.7 Å². The van der Waals surface area contributed by atoms with Gasteiger partial charge in [-0.2, -0.15) is 0 Å². The molecular weight excluding hydrogens is 292 g/mol. The van der Waals surface area contributed by atoms with Crippen molar-refractivity contribution >= 4 is 18.3 Å². The Labute approximate surface area is 132 Å². The Morgan fingerprint density at radius 2 is 2.00 bits per heavy atom. The summed E-state index contributed by atoms with van der Waals surface area (Å²) >= 11 is 0. The van der Waals surface area contributed by atoms with Gasteiger partial charge in [0.15, 0.2) is 18.1 Å². The second-order valence-electron chi connectivity index (χ2n) is 4.81. The number of nitrogens with one attached hydrogen (secondary N) is 1. The van der Waals surface area contributed by atoms with Crippen molar-refractivity contribution in [1.29, 1.82) is 0 Å². The number of benzene rings is 1. The molecule has 0 bridgehead atoms. The van der Waals surface area contributed by atoms with Crippen LogP contribution in [0.2, 0.25) is 0 Å². The number of carbonyl (C=O) groups excluding carboxylic acids is 1. The average molecular weight is 315 g/mol. The summed E-state index contributed by atoms with van der Waals surface area (Å²) in [4.78, 5) is 14.0. The number of carbonyl (C=O) groups is 1. The molecule has 6 heteroatoms. The molecule has 21 heavy (non-hydrogen) atoms. The predicted molar refractivity (Wildman–Crippen MR) is 84.4 cm³/mol. The van der Waals surface area contributed by atoms with E-state index in [0.29, 0.717) is 18.1 Å². The zero-order valence-corrected chi connectivity index (χ0v) is 13.3. The van der Waals surface area contributed by atoms with E-state index in [1.165, 1.54) is 0 Å². The predicted octanol–water partition coefficient (Wildman–Crippen LogP) is 1.71. The van der Waals surface area contributed by atoms with Crippen LogP contribution in [0.15, 0.2) is 24.3 Å². The topological polar surface area (TPSA) is 50.8 Å². The van der Waals surface area contributed by atoms with Crippen molar-refractivity contribution in [2.75, 3.05) is 32.8 Å². The van der Waals surface area contributed by atoms with Gasteiger partial charge >= 0.3 is 0 Å². The second kappa shape index (κ2) is 8.74. The van der Waals surface area contributed by atoms with Gasteiger partial charge in [-0.15, -0.1) is 12.4 Å². The lowest BCUT2D eigenvalue weighted by molar-refractivity contribution is -0.136. The summed E-state index contributed by atoms with van der Waals surface area (Å²) < 4.78 is 11.1. The molecule has 1 amide bonds. The van der Waals surface area contributed by atoms with E-state index in [1.807, 2.05) is 43.0 Å². The molecule has 1 saturated heterocycles. The number of amides is 1. The van der Waals surface area contributed by atoms with E-state index in [1.54, 1.807) is 0 Å². The standard InChI is InChI=1S/C15H22N2O3.ClH/c1-3-19-13-6-4-5-7-14(13)20-11-15(18)17-9-8-16-10-12(17)2;/h4-7,12,16H,3,8-11H2,1-2H3;1H/t12-;/m1./s1. The van der Waals surface area contributed by atoms with E-state index in [0.717, 1.165) is 19.6 Å². The first-order valence-corrected chi connectivity index (χ1v) is 7.07. The van der Waals surface area contributed by atoms with E-state index in [9.17, 15) is 4.79 Å². The van der Waals surface area contributed by atoms with Crippen molar-refractivity contribution in [2.45, 2.75) is 19.9 Å². The summed E-state index contributed by atoms with van der Waals surface area (Å²) in [7, 11) is 0. The van der Waals surface area contributed by atoms with Gasteiger partial charge in [0, 0.05) is 25.7 Å². The molecule has 1 aromatic rings. The highest BCUT2D eigenvalue weighted by atomic mass is 35.5. The van der Waals surface area contributed by atoms with Gasteiger partial charge in [-0.25, -0.2) is 0 Å². The monoisotopic (exact) mass is 314 g/mol. The third-order valence-electron chi connectivity index (χ3n) is 3.32. The maximum atomic E-state index is 12.2. The fraction of sp³-hybridized carbons (Fsp3) is 0.533. The minimum atomic E-state index is 0. The zero-order chi connectivity index (χ0) is 14.4. The first-order valence-electron chi connectivity index (χ1n) is 7.07. The average Bonchev–Trinajstić information content (AvgIpc) is 2.47. The van der Waals surface area contributed by atoms with Gasteiger partial charge < -0.3 is 19.7 Å². The number of para-hydroxylation sites is 2. The van der Waals surface area contributed by atoms with Crippen LogP contribution in [-0.2, 0) is 4.79 Å². The smallest absolute Gasteiger partial charge is 0.260 e. The number of piperazine rings is 1. The number of rotatable bonds is 5. The molecule has 0 aromatic heterocycles. The second-order valence-corrected chi connectivity index (χ2v) is 4.81. The van der Waals surface area contributed by atoms with Crippen LogP contribution in [0, 0.1) is 0 Å². The molecule has 1 aliphatic heterocycles. The maximum Gasteiger partial charge on any atom is 0.260 e. The molecule has 0 spiro atoms. The summed E-state index contributed by atoms with van der Waals surface area (Å²) in [6, 6.07) is 7.63. The van der Waals surface area contributed by atoms with Gasteiger partial charge in [0.1, 0.15) is 0 Å². The van der Waals surface area contributed by atoms with Crippen LogP contribution >= 0.6 is 12.4 Å². The van der Waals surface area contributed by atoms with Crippen molar-refractivity contribution in [3.05, 3.63) is 24.3 Å². The van der Waals surface area contributed by atoms with Crippen LogP contribution in [0.4, 0.5) is 0 Å². The Kier molecular flexibility index (Phi) is 7.32. The maximum absolute atomic E-state index is 12.2. The molecule has 5 nitrogen and oxygen atoms in total. The third-order valence-corrected chi connectivity index (χ3v) is 3.32. The summed E-state index contributed by atoms with van der Waals surface area (Å²) in [6.07, 6.45) is 0. The summed E-state index contributed by atoms with van der Waals surface area (Å²) in [6.45, 7) is 6.99. The highest BCUT2D eigenvalue weighted by Gasteiger charge is 2.23. The summed E-state index contributed by atoms with van der Waals surface area (Å²) in [5.41, 5.74) is 0. The number of ether oxygens (including phenoxy) is 2. The highest BCUT2D eigenvalue weighted by molar-refractivity contribution is 5.85. The Morgan fingerprint density at radius 1 is 1.33 bits per heavy atom. The van der Waals surface area contributed by atoms with Crippen molar-refractivity contribution < 1.29 is 14.3 Å². The molecule has 118 valence electrons. The molecule has 0 aliphatic carbocycles. The van der Waals surface area contributed by atoms with Crippen LogP contribution in [0.5, 0.6) is 11.5 Å². The molecule has 0 saturated carbocycles. The van der Waals surface area contributed by atoms with Crippen molar-refractivity contribution in [2.24, 2.45) is 0 Å². The van der Waals surface area contributed by atoms with E-state index < -0.39 is 0 Å². The Bertz CT molecular complexity index is 456. The quantitative estimate of drug-likeness (QED) is 0.899. The largest absolute Gasteiger partial charge is 0.490 e. The molecule has 0 radical (unpaired) electrons. The molecule has 0 unspecified atom stereocenters. The Morgan fingerprint density at radius 3 is 2.62 bits per heavy atom. The highest BCUT2D eigenvalue weighted by Crippen LogP contribution is 2.26. The molecule has 1 aliphatic rings. The molecule has 2 rings (SSSR count). The third kappa shape index (κ3) is 4.79. The van der Waals surface area contributed by atoms with Gasteiger partial charge in [0.2, 0.25) is 0 Å². The van der Waals surface area contributed by atoms with E-state index in [-0.39, 0.29) is 31.0 Å². The van der Waals surface area contributed by atoms with Crippen LogP contribution < -0.4 is 14.8 Å². The number of halogens is 1. The number of hydrogen-bond donors (Lipinski definition) is 1. The van der Waals surface area contributed by atoms with Crippen molar-refractivity contribution in [3.63, 3.8) is 0 Å².